The van der Waals surface area contributed by atoms with Gasteiger partial charge in [-0.15, -0.1) is 6.58 Å². The van der Waals surface area contributed by atoms with Crippen LogP contribution in [-0.2, 0) is 11.3 Å². The van der Waals surface area contributed by atoms with Gasteiger partial charge in [-0.05, 0) is 5.56 Å². The van der Waals surface area contributed by atoms with Gasteiger partial charge in [-0.2, -0.15) is 0 Å². The second kappa shape index (κ2) is 7.17. The summed E-state index contributed by atoms with van der Waals surface area (Å²) in [4.78, 5) is 0. The highest BCUT2D eigenvalue weighted by molar-refractivity contribution is 5.13. The molecule has 2 atom stereocenters. The van der Waals surface area contributed by atoms with Crippen molar-refractivity contribution in [2.75, 3.05) is 6.61 Å². The zero-order chi connectivity index (χ0) is 11.8. The maximum Gasteiger partial charge on any atom is 0.0798 e. The molecule has 88 valence electrons. The Morgan fingerprint density at radius 3 is 2.56 bits per heavy atom. The molecule has 0 fully saturated rings. The van der Waals surface area contributed by atoms with Gasteiger partial charge in [-0.3, -0.25) is 0 Å². The molecule has 0 aliphatic rings. The molecule has 16 heavy (non-hydrogen) atoms. The number of hydrogen-bond donors (Lipinski definition) is 2. The molecule has 0 unspecified atom stereocenters. The summed E-state index contributed by atoms with van der Waals surface area (Å²) in [5, 5.41) is 18.0. The van der Waals surface area contributed by atoms with E-state index in [1.54, 1.807) is 6.08 Å². The van der Waals surface area contributed by atoms with E-state index in [4.69, 9.17) is 9.84 Å². The molecule has 0 bridgehead atoms. The predicted molar refractivity (Wildman–Crippen MR) is 62.9 cm³/mol. The lowest BCUT2D eigenvalue weighted by molar-refractivity contribution is 0.0121. The van der Waals surface area contributed by atoms with Crippen LogP contribution in [0.5, 0.6) is 0 Å². The Bertz CT molecular complexity index is 297. The van der Waals surface area contributed by atoms with Gasteiger partial charge >= 0.3 is 0 Å². The summed E-state index contributed by atoms with van der Waals surface area (Å²) in [6.07, 6.45) is 1.02. The molecular formula is C13H18O3. The van der Waals surface area contributed by atoms with E-state index in [9.17, 15) is 5.11 Å². The molecule has 0 saturated carbocycles. The van der Waals surface area contributed by atoms with E-state index >= 15 is 0 Å². The van der Waals surface area contributed by atoms with E-state index < -0.39 is 6.10 Å². The van der Waals surface area contributed by atoms with Crippen LogP contribution in [0.25, 0.3) is 0 Å². The summed E-state index contributed by atoms with van der Waals surface area (Å²) in [6.45, 7) is 3.87. The van der Waals surface area contributed by atoms with Crippen molar-refractivity contribution in [3.05, 3.63) is 48.6 Å². The highest BCUT2D eigenvalue weighted by Gasteiger charge is 2.11. The standard InChI is InChI=1S/C13H18O3/c1-2-13(8-12(15)9-14)16-10-11-6-4-3-5-7-11/h2-7,12-15H,1,8-10H2/t12-,13+/m0/s1. The lowest BCUT2D eigenvalue weighted by Crippen LogP contribution is -2.21. The first-order valence-electron chi connectivity index (χ1n) is 5.33. The molecule has 1 aromatic carbocycles. The van der Waals surface area contributed by atoms with Gasteiger partial charge < -0.3 is 14.9 Å². The molecule has 1 rings (SSSR count). The van der Waals surface area contributed by atoms with Crippen LogP contribution in [0.4, 0.5) is 0 Å². The topological polar surface area (TPSA) is 49.7 Å². The Morgan fingerprint density at radius 1 is 1.31 bits per heavy atom. The van der Waals surface area contributed by atoms with Gasteiger partial charge in [-0.25, -0.2) is 0 Å². The Morgan fingerprint density at radius 2 is 2.00 bits per heavy atom. The van der Waals surface area contributed by atoms with Gasteiger partial charge in [0, 0.05) is 6.42 Å². The summed E-state index contributed by atoms with van der Waals surface area (Å²) in [5.41, 5.74) is 1.08. The quantitative estimate of drug-likeness (QED) is 0.687. The monoisotopic (exact) mass is 222 g/mol. The third-order valence-corrected chi connectivity index (χ3v) is 2.28. The number of aliphatic hydroxyl groups is 2. The van der Waals surface area contributed by atoms with Crippen LogP contribution < -0.4 is 0 Å². The van der Waals surface area contributed by atoms with Crippen molar-refractivity contribution < 1.29 is 14.9 Å². The summed E-state index contributed by atoms with van der Waals surface area (Å²) in [7, 11) is 0. The van der Waals surface area contributed by atoms with Crippen molar-refractivity contribution in [2.45, 2.75) is 25.2 Å². The summed E-state index contributed by atoms with van der Waals surface area (Å²) in [6, 6.07) is 9.80. The molecule has 0 heterocycles. The van der Waals surface area contributed by atoms with Crippen molar-refractivity contribution in [2.24, 2.45) is 0 Å². The van der Waals surface area contributed by atoms with E-state index in [0.29, 0.717) is 13.0 Å². The third kappa shape index (κ3) is 4.57. The molecule has 3 nitrogen and oxygen atoms in total. The molecule has 2 N–H and O–H groups in total. The fourth-order valence-corrected chi connectivity index (χ4v) is 1.35. The fourth-order valence-electron chi connectivity index (χ4n) is 1.35. The van der Waals surface area contributed by atoms with Gasteiger partial charge in [0.05, 0.1) is 25.4 Å². The van der Waals surface area contributed by atoms with Crippen LogP contribution in [0, 0.1) is 0 Å². The maximum atomic E-state index is 9.28. The minimum atomic E-state index is -0.751. The van der Waals surface area contributed by atoms with Crippen molar-refractivity contribution >= 4 is 0 Å². The Kier molecular flexibility index (Phi) is 5.78. The van der Waals surface area contributed by atoms with Crippen molar-refractivity contribution in [1.29, 1.82) is 0 Å². The van der Waals surface area contributed by atoms with Gasteiger partial charge in [0.1, 0.15) is 0 Å². The minimum absolute atomic E-state index is 0.234. The van der Waals surface area contributed by atoms with Crippen molar-refractivity contribution in [3.8, 4) is 0 Å². The van der Waals surface area contributed by atoms with E-state index in [1.807, 2.05) is 30.3 Å². The molecule has 0 amide bonds. The summed E-state index contributed by atoms with van der Waals surface area (Å²) < 4.78 is 5.56. The zero-order valence-corrected chi connectivity index (χ0v) is 9.25. The minimum Gasteiger partial charge on any atom is -0.394 e. The SMILES string of the molecule is C=C[C@H](C[C@H](O)CO)OCc1ccccc1. The van der Waals surface area contributed by atoms with Crippen LogP contribution >= 0.6 is 0 Å². The summed E-state index contributed by atoms with van der Waals surface area (Å²) >= 11 is 0. The first kappa shape index (κ1) is 12.9. The molecule has 0 radical (unpaired) electrons. The molecule has 1 aromatic rings. The molecule has 0 aliphatic heterocycles. The second-order valence-corrected chi connectivity index (χ2v) is 3.64. The molecule has 3 heteroatoms. The van der Waals surface area contributed by atoms with Crippen LogP contribution in [-0.4, -0.2) is 29.0 Å². The van der Waals surface area contributed by atoms with Gasteiger partial charge in [0.25, 0.3) is 0 Å². The van der Waals surface area contributed by atoms with Crippen LogP contribution in [0.2, 0.25) is 0 Å². The first-order chi connectivity index (χ1) is 7.76. The van der Waals surface area contributed by atoms with E-state index in [2.05, 4.69) is 6.58 Å². The largest absolute Gasteiger partial charge is 0.394 e. The fraction of sp³-hybridized carbons (Fsp3) is 0.385. The first-order valence-corrected chi connectivity index (χ1v) is 5.33. The van der Waals surface area contributed by atoms with E-state index in [0.717, 1.165) is 5.56 Å². The average molecular weight is 222 g/mol. The average Bonchev–Trinajstić information content (AvgIpc) is 2.35. The lowest BCUT2D eigenvalue weighted by atomic mass is 10.1. The third-order valence-electron chi connectivity index (χ3n) is 2.28. The summed E-state index contributed by atoms with van der Waals surface area (Å²) in [5.74, 6) is 0. The number of ether oxygens (including phenoxy) is 1. The normalized spacial score (nSPS) is 14.4. The van der Waals surface area contributed by atoms with Crippen LogP contribution in [0.3, 0.4) is 0 Å². The Balaban J connectivity index is 2.37. The zero-order valence-electron chi connectivity index (χ0n) is 9.25. The predicted octanol–water partition coefficient (Wildman–Crippen LogP) is 1.50. The Labute approximate surface area is 96.0 Å². The maximum absolute atomic E-state index is 9.28. The second-order valence-electron chi connectivity index (χ2n) is 3.64. The van der Waals surface area contributed by atoms with Crippen molar-refractivity contribution in [3.63, 3.8) is 0 Å². The number of hydrogen-bond acceptors (Lipinski definition) is 3. The Hall–Kier alpha value is -1.16. The number of aliphatic hydroxyl groups excluding tert-OH is 2. The van der Waals surface area contributed by atoms with E-state index in [-0.39, 0.29) is 12.7 Å². The highest BCUT2D eigenvalue weighted by atomic mass is 16.5. The van der Waals surface area contributed by atoms with Gasteiger partial charge in [0.15, 0.2) is 0 Å². The lowest BCUT2D eigenvalue weighted by Gasteiger charge is -2.16. The molecule has 0 aliphatic carbocycles. The smallest absolute Gasteiger partial charge is 0.0798 e. The van der Waals surface area contributed by atoms with Crippen LogP contribution in [0.1, 0.15) is 12.0 Å². The van der Waals surface area contributed by atoms with Gasteiger partial charge in [-0.1, -0.05) is 36.4 Å². The van der Waals surface area contributed by atoms with Crippen LogP contribution in [0.15, 0.2) is 43.0 Å². The molecule has 0 saturated heterocycles. The van der Waals surface area contributed by atoms with Crippen molar-refractivity contribution in [1.82, 2.24) is 0 Å². The molecule has 0 spiro atoms. The number of benzene rings is 1. The number of rotatable bonds is 7. The van der Waals surface area contributed by atoms with Gasteiger partial charge in [0.2, 0.25) is 0 Å². The van der Waals surface area contributed by atoms with E-state index in [1.165, 1.54) is 0 Å². The molecule has 0 aromatic heterocycles. The highest BCUT2D eigenvalue weighted by Crippen LogP contribution is 2.08. The molecular weight excluding hydrogens is 204 g/mol.